The number of aromatic carboxylic acids is 1. The molecule has 23 heavy (non-hydrogen) atoms. The summed E-state index contributed by atoms with van der Waals surface area (Å²) in [7, 11) is 0. The van der Waals surface area contributed by atoms with Crippen LogP contribution in [0.25, 0.3) is 16.6 Å². The van der Waals surface area contributed by atoms with Crippen molar-refractivity contribution in [3.05, 3.63) is 59.8 Å². The number of halogens is 3. The third-order valence-electron chi connectivity index (χ3n) is 3.56. The number of hydrogen-bond donors (Lipinski definition) is 2. The molecule has 0 aliphatic rings. The molecule has 2 aromatic carbocycles. The van der Waals surface area contributed by atoms with Gasteiger partial charge in [0.05, 0.1) is 22.3 Å². The average molecular weight is 320 g/mol. The molecule has 3 aromatic rings. The van der Waals surface area contributed by atoms with Gasteiger partial charge in [0.25, 0.3) is 0 Å². The first kappa shape index (κ1) is 15.0. The molecule has 0 bridgehead atoms. The number of carboxylic acids is 1. The fourth-order valence-electron chi connectivity index (χ4n) is 2.41. The minimum absolute atomic E-state index is 0.0918. The van der Waals surface area contributed by atoms with Crippen LogP contribution in [-0.2, 0) is 6.18 Å². The number of rotatable bonds is 2. The van der Waals surface area contributed by atoms with Gasteiger partial charge in [0, 0.05) is 17.3 Å². The van der Waals surface area contributed by atoms with Gasteiger partial charge in [-0.15, -0.1) is 0 Å². The van der Waals surface area contributed by atoms with E-state index in [9.17, 15) is 18.0 Å². The summed E-state index contributed by atoms with van der Waals surface area (Å²) in [5, 5.41) is 9.40. The van der Waals surface area contributed by atoms with E-state index in [0.717, 1.165) is 12.1 Å². The summed E-state index contributed by atoms with van der Waals surface area (Å²) in [5.41, 5.74) is 6.35. The van der Waals surface area contributed by atoms with Crippen LogP contribution in [0.1, 0.15) is 15.9 Å². The zero-order valence-electron chi connectivity index (χ0n) is 11.6. The molecule has 118 valence electrons. The molecule has 3 N–H and O–H groups in total. The third-order valence-corrected chi connectivity index (χ3v) is 3.56. The molecule has 0 saturated heterocycles. The van der Waals surface area contributed by atoms with Crippen LogP contribution in [0.2, 0.25) is 0 Å². The highest BCUT2D eigenvalue weighted by molar-refractivity contribution is 5.94. The van der Waals surface area contributed by atoms with Crippen LogP contribution in [0.5, 0.6) is 0 Å². The number of nitrogens with zero attached hydrogens (tertiary/aromatic N) is 1. The lowest BCUT2D eigenvalue weighted by Crippen LogP contribution is -2.05. The van der Waals surface area contributed by atoms with Crippen molar-refractivity contribution in [3.63, 3.8) is 0 Å². The first-order valence-electron chi connectivity index (χ1n) is 6.59. The van der Waals surface area contributed by atoms with Crippen LogP contribution in [0, 0.1) is 0 Å². The van der Waals surface area contributed by atoms with E-state index in [1.54, 1.807) is 0 Å². The highest BCUT2D eigenvalue weighted by Gasteiger charge is 2.31. The Morgan fingerprint density at radius 3 is 2.30 bits per heavy atom. The summed E-state index contributed by atoms with van der Waals surface area (Å²) < 4.78 is 40.2. The van der Waals surface area contributed by atoms with E-state index in [1.807, 2.05) is 0 Å². The fraction of sp³-hybridized carbons (Fsp3) is 0.0625. The number of alkyl halides is 3. The second-order valence-electron chi connectivity index (χ2n) is 5.04. The number of nitrogens with two attached hydrogens (primary N) is 1. The van der Waals surface area contributed by atoms with Gasteiger partial charge in [-0.25, -0.2) is 4.79 Å². The lowest BCUT2D eigenvalue weighted by atomic mass is 10.1. The molecule has 1 heterocycles. The Morgan fingerprint density at radius 2 is 1.74 bits per heavy atom. The molecule has 7 heteroatoms. The largest absolute Gasteiger partial charge is 0.478 e. The topological polar surface area (TPSA) is 68.2 Å². The van der Waals surface area contributed by atoms with Crippen LogP contribution in [0.4, 0.5) is 18.9 Å². The van der Waals surface area contributed by atoms with Gasteiger partial charge in [-0.1, -0.05) is 6.07 Å². The van der Waals surface area contributed by atoms with Crippen molar-refractivity contribution in [2.45, 2.75) is 6.18 Å². The Balaban J connectivity index is 2.18. The highest BCUT2D eigenvalue weighted by atomic mass is 19.4. The van der Waals surface area contributed by atoms with Crippen LogP contribution in [0.3, 0.4) is 0 Å². The molecular weight excluding hydrogens is 309 g/mol. The van der Waals surface area contributed by atoms with Crippen molar-refractivity contribution in [1.29, 1.82) is 0 Å². The molecule has 0 aliphatic heterocycles. The van der Waals surface area contributed by atoms with Gasteiger partial charge in [-0.05, 0) is 36.4 Å². The van der Waals surface area contributed by atoms with Gasteiger partial charge >= 0.3 is 12.1 Å². The lowest BCUT2D eigenvalue weighted by Gasteiger charge is -2.09. The van der Waals surface area contributed by atoms with Crippen molar-refractivity contribution in [2.24, 2.45) is 0 Å². The summed E-state index contributed by atoms with van der Waals surface area (Å²) in [6, 6.07) is 9.13. The van der Waals surface area contributed by atoms with Crippen molar-refractivity contribution in [2.75, 3.05) is 5.73 Å². The van der Waals surface area contributed by atoms with Gasteiger partial charge < -0.3 is 15.4 Å². The van der Waals surface area contributed by atoms with Crippen molar-refractivity contribution < 1.29 is 23.1 Å². The highest BCUT2D eigenvalue weighted by Crippen LogP contribution is 2.34. The Hall–Kier alpha value is -2.96. The summed E-state index contributed by atoms with van der Waals surface area (Å²) >= 11 is 0. The van der Waals surface area contributed by atoms with Crippen LogP contribution in [-0.4, -0.2) is 15.6 Å². The number of benzene rings is 2. The number of hydrogen-bond acceptors (Lipinski definition) is 2. The average Bonchev–Trinajstić information content (AvgIpc) is 2.83. The smallest absolute Gasteiger partial charge is 0.416 e. The standard InChI is InChI=1S/C16H11F3N2O2/c17-16(18,19)10-3-6-12-13(20)8-21(14(12)7-10)11-4-1-9(2-5-11)15(22)23/h1-8H,20H2,(H,22,23). The molecule has 4 nitrogen and oxygen atoms in total. The predicted molar refractivity (Wildman–Crippen MR) is 79.6 cm³/mol. The van der Waals surface area contributed by atoms with Gasteiger partial charge in [0.2, 0.25) is 0 Å². The normalized spacial score (nSPS) is 11.8. The van der Waals surface area contributed by atoms with Gasteiger partial charge in [0.15, 0.2) is 0 Å². The molecule has 0 amide bonds. The van der Waals surface area contributed by atoms with Crippen LogP contribution >= 0.6 is 0 Å². The Bertz CT molecular complexity index is 896. The number of fused-ring (bicyclic) bond motifs is 1. The summed E-state index contributed by atoms with van der Waals surface area (Å²) in [6.07, 6.45) is -2.94. The molecule has 0 radical (unpaired) electrons. The molecule has 0 fully saturated rings. The molecule has 0 unspecified atom stereocenters. The quantitative estimate of drug-likeness (QED) is 0.752. The second kappa shape index (κ2) is 5.05. The number of aromatic nitrogens is 1. The monoisotopic (exact) mass is 320 g/mol. The molecule has 0 aliphatic carbocycles. The summed E-state index contributed by atoms with van der Waals surface area (Å²) in [6.45, 7) is 0. The van der Waals surface area contributed by atoms with E-state index < -0.39 is 17.7 Å². The van der Waals surface area contributed by atoms with Crippen LogP contribution in [0.15, 0.2) is 48.7 Å². The molecule has 1 aromatic heterocycles. The minimum atomic E-state index is -4.45. The van der Waals surface area contributed by atoms with E-state index in [4.69, 9.17) is 10.8 Å². The molecule has 3 rings (SSSR count). The van der Waals surface area contributed by atoms with E-state index in [-0.39, 0.29) is 5.56 Å². The van der Waals surface area contributed by atoms with E-state index >= 15 is 0 Å². The lowest BCUT2D eigenvalue weighted by molar-refractivity contribution is -0.137. The Kier molecular flexibility index (Phi) is 3.28. The summed E-state index contributed by atoms with van der Waals surface area (Å²) in [4.78, 5) is 10.9. The third kappa shape index (κ3) is 2.61. The van der Waals surface area contributed by atoms with Gasteiger partial charge in [-0.3, -0.25) is 0 Å². The molecular formula is C16H11F3N2O2. The van der Waals surface area contributed by atoms with Crippen LogP contribution < -0.4 is 5.73 Å². The van der Waals surface area contributed by atoms with Crippen molar-refractivity contribution in [3.8, 4) is 5.69 Å². The van der Waals surface area contributed by atoms with Crippen molar-refractivity contribution >= 4 is 22.6 Å². The maximum absolute atomic E-state index is 12.9. The van der Waals surface area contributed by atoms with E-state index in [1.165, 1.54) is 41.1 Å². The number of nitrogen functional groups attached to an aromatic ring is 1. The first-order chi connectivity index (χ1) is 10.8. The second-order valence-corrected chi connectivity index (χ2v) is 5.04. The van der Waals surface area contributed by atoms with E-state index in [0.29, 0.717) is 22.3 Å². The maximum atomic E-state index is 12.9. The SMILES string of the molecule is Nc1cn(-c2ccc(C(=O)O)cc2)c2cc(C(F)(F)F)ccc12. The number of anilines is 1. The van der Waals surface area contributed by atoms with E-state index in [2.05, 4.69) is 0 Å². The zero-order valence-corrected chi connectivity index (χ0v) is 11.6. The number of carboxylic acid groups (broad SMARTS) is 1. The van der Waals surface area contributed by atoms with Gasteiger partial charge in [0.1, 0.15) is 0 Å². The Labute approximate surface area is 128 Å². The molecule has 0 spiro atoms. The number of carbonyl (C=O) groups is 1. The van der Waals surface area contributed by atoms with Gasteiger partial charge in [-0.2, -0.15) is 13.2 Å². The zero-order chi connectivity index (χ0) is 16.8. The van der Waals surface area contributed by atoms with Crippen molar-refractivity contribution in [1.82, 2.24) is 4.57 Å². The molecule has 0 atom stereocenters. The maximum Gasteiger partial charge on any atom is 0.416 e. The fourth-order valence-corrected chi connectivity index (χ4v) is 2.41. The summed E-state index contributed by atoms with van der Waals surface area (Å²) in [5.74, 6) is -1.08. The first-order valence-corrected chi connectivity index (χ1v) is 6.59. The Morgan fingerprint density at radius 1 is 1.09 bits per heavy atom. The predicted octanol–water partition coefficient (Wildman–Crippen LogP) is 3.93. The minimum Gasteiger partial charge on any atom is -0.478 e. The molecule has 0 saturated carbocycles.